The van der Waals surface area contributed by atoms with Crippen molar-refractivity contribution in [2.45, 2.75) is 54.9 Å². The van der Waals surface area contributed by atoms with Gasteiger partial charge in [-0.05, 0) is 6.07 Å². The molecule has 3 unspecified atom stereocenters. The molecule has 9 N–H and O–H groups in total. The van der Waals surface area contributed by atoms with E-state index in [1.807, 2.05) is 0 Å². The van der Waals surface area contributed by atoms with E-state index in [1.165, 1.54) is 52.1 Å². The Hall–Kier alpha value is -2.79. The first-order chi connectivity index (χ1) is 22.4. The zero-order valence-corrected chi connectivity index (χ0v) is 26.6. The normalized spacial score (nSPS) is 31.2. The molecule has 4 aromatic heterocycles. The zero-order valence-electron chi connectivity index (χ0n) is 23.9. The molecule has 2 aliphatic rings. The number of aliphatic hydroxyl groups excluding tert-OH is 3. The molecule has 0 bridgehead atoms. The van der Waals surface area contributed by atoms with Gasteiger partial charge < -0.3 is 64.1 Å². The van der Waals surface area contributed by atoms with Crippen LogP contribution < -0.4 is 15.2 Å². The van der Waals surface area contributed by atoms with Crippen molar-refractivity contribution in [3.63, 3.8) is 0 Å². The molecule has 26 heteroatoms. The Labute approximate surface area is 267 Å². The Kier molecular flexibility index (Phi) is 9.37. The van der Waals surface area contributed by atoms with E-state index < -0.39 is 84.8 Å². The fourth-order valence-electron chi connectivity index (χ4n) is 5.38. The second-order valence-corrected chi connectivity index (χ2v) is 15.0. The van der Waals surface area contributed by atoms with Crippen LogP contribution in [-0.2, 0) is 36.7 Å². The Bertz CT molecular complexity index is 1950. The molecule has 0 saturated carbocycles. The van der Waals surface area contributed by atoms with Crippen LogP contribution in [0, 0.1) is 0 Å². The Morgan fingerprint density at radius 3 is 2.52 bits per heavy atom. The van der Waals surface area contributed by atoms with Gasteiger partial charge in [0.05, 0.1) is 18.6 Å². The van der Waals surface area contributed by atoms with E-state index in [0.717, 1.165) is 10.9 Å². The Morgan fingerprint density at radius 1 is 1.08 bits per heavy atom. The third-order valence-corrected chi connectivity index (χ3v) is 10.2. The molecule has 4 aromatic rings. The number of nitrogens with two attached hydrogens (primary N) is 1. The van der Waals surface area contributed by atoms with Crippen molar-refractivity contribution in [3.05, 3.63) is 49.4 Å². The third kappa shape index (κ3) is 7.09. The highest BCUT2D eigenvalue weighted by Gasteiger charge is 2.57. The lowest BCUT2D eigenvalue weighted by molar-refractivity contribution is -0.765. The number of pyridine rings is 1. The number of hydrogen-bond donors (Lipinski definition) is 8. The summed E-state index contributed by atoms with van der Waals surface area (Å²) in [4.78, 5) is 63.7. The minimum Gasteiger partial charge on any atom is -0.756 e. The summed E-state index contributed by atoms with van der Waals surface area (Å²) in [6.45, 7) is -0.991. The summed E-state index contributed by atoms with van der Waals surface area (Å²) in [5.41, 5.74) is 6.49. The summed E-state index contributed by atoms with van der Waals surface area (Å²) in [6, 6.07) is 3.06. The van der Waals surface area contributed by atoms with E-state index in [2.05, 4.69) is 19.5 Å². The summed E-state index contributed by atoms with van der Waals surface area (Å²) in [6.07, 6.45) is -6.43. The number of nitrogens with zero attached hydrogens (tertiary/aromatic N) is 6. The molecule has 11 atom stereocenters. The number of nitrogen functional groups attached to an aromatic ring is 1. The molecular weight excluding hydrogens is 711 g/mol. The molecule has 2 fully saturated rings. The molecule has 0 spiro atoms. The zero-order chi connectivity index (χ0) is 34.8. The van der Waals surface area contributed by atoms with Gasteiger partial charge >= 0.3 is 15.4 Å². The molecule has 0 radical (unpaired) electrons. The first kappa shape index (κ1) is 35.1. The summed E-state index contributed by atoms with van der Waals surface area (Å²) in [5, 5.41) is 32.2. The number of anilines is 1. The van der Waals surface area contributed by atoms with Gasteiger partial charge in [0.25, 0.3) is 14.1 Å². The Balaban J connectivity index is 1.28. The number of phosphoric ester groups is 2. The van der Waals surface area contributed by atoms with E-state index in [9.17, 15) is 53.5 Å². The first-order valence-corrected chi connectivity index (χ1v) is 18.3. The second kappa shape index (κ2) is 12.8. The molecule has 0 aliphatic carbocycles. The first-order valence-electron chi connectivity index (χ1n) is 13.6. The van der Waals surface area contributed by atoms with Crippen molar-refractivity contribution in [1.29, 1.82) is 0 Å². The fraction of sp³-hybridized carbons (Fsp3) is 0.455. The largest absolute Gasteiger partial charge is 0.756 e. The topological polar surface area (TPSA) is 340 Å². The minimum absolute atomic E-state index is 0.178. The van der Waals surface area contributed by atoms with Crippen molar-refractivity contribution in [2.24, 2.45) is 0 Å². The van der Waals surface area contributed by atoms with Gasteiger partial charge in [-0.2, -0.15) is 9.55 Å². The number of phosphoric acid groups is 2. The standard InChI is InChI=1S/C22H28N7O16P3/c23-10-2-1-4-27(6-10)19-14(31)13(30)12(42-19)8-41-46(33,34)21(45-48(38,39)40)17-15(32)16(44-47(35,36)37)20(43-17)28-7-11-18(25-9-28)26-22-24-3-5-29(11)22/h1-7,9,12-17,19-21,30-32H,8,23H2,(H4-,33,34,35,36,37,38,39,40)/t12-,13-,14-,15+,16-,17-,19-,20-,21?/m1/s1. The molecule has 2 saturated heterocycles. The summed E-state index contributed by atoms with van der Waals surface area (Å²) in [5.74, 6) is -2.55. The number of aromatic nitrogens is 6. The van der Waals surface area contributed by atoms with Crippen LogP contribution in [0.4, 0.5) is 5.69 Å². The minimum atomic E-state index is -5.94. The highest BCUT2D eigenvalue weighted by atomic mass is 31.2. The number of rotatable bonds is 11. The molecule has 0 amide bonds. The monoisotopic (exact) mass is 739 g/mol. The second-order valence-electron chi connectivity index (χ2n) is 10.7. The van der Waals surface area contributed by atoms with Gasteiger partial charge in [-0.15, -0.1) is 0 Å². The smallest absolute Gasteiger partial charge is 0.470 e. The average Bonchev–Trinajstić information content (AvgIpc) is 3.73. The number of aliphatic hydroxyl groups is 3. The van der Waals surface area contributed by atoms with Crippen molar-refractivity contribution < 1.29 is 81.1 Å². The Morgan fingerprint density at radius 2 is 1.83 bits per heavy atom. The van der Waals surface area contributed by atoms with Crippen LogP contribution in [0.2, 0.25) is 0 Å². The maximum absolute atomic E-state index is 13.6. The van der Waals surface area contributed by atoms with Gasteiger partial charge in [0.2, 0.25) is 5.78 Å². The van der Waals surface area contributed by atoms with Gasteiger partial charge in [0.15, 0.2) is 36.2 Å². The summed E-state index contributed by atoms with van der Waals surface area (Å²) in [7, 11) is -16.9. The number of hydrogen-bond acceptors (Lipinski definition) is 16. The molecule has 0 aromatic carbocycles. The molecule has 6 heterocycles. The predicted molar refractivity (Wildman–Crippen MR) is 151 cm³/mol. The summed E-state index contributed by atoms with van der Waals surface area (Å²) >= 11 is 0. The molecule has 2 aliphatic heterocycles. The molecular formula is C22H28N7O16P3. The van der Waals surface area contributed by atoms with Crippen LogP contribution in [0.5, 0.6) is 0 Å². The van der Waals surface area contributed by atoms with E-state index in [-0.39, 0.29) is 22.6 Å². The van der Waals surface area contributed by atoms with Gasteiger partial charge in [-0.3, -0.25) is 22.6 Å². The van der Waals surface area contributed by atoms with Crippen molar-refractivity contribution in [2.75, 3.05) is 12.3 Å². The van der Waals surface area contributed by atoms with Crippen LogP contribution in [0.3, 0.4) is 0 Å². The molecule has 23 nitrogen and oxygen atoms in total. The van der Waals surface area contributed by atoms with E-state index in [1.54, 1.807) is 0 Å². The maximum Gasteiger partial charge on any atom is 0.470 e. The molecule has 48 heavy (non-hydrogen) atoms. The predicted octanol–water partition coefficient (Wildman–Crippen LogP) is -2.99. The van der Waals surface area contributed by atoms with E-state index in [0.29, 0.717) is 0 Å². The fourth-order valence-corrected chi connectivity index (χ4v) is 8.28. The average molecular weight is 739 g/mol. The van der Waals surface area contributed by atoms with Gasteiger partial charge in [-0.1, -0.05) is 0 Å². The lowest BCUT2D eigenvalue weighted by Gasteiger charge is -2.32. The third-order valence-electron chi connectivity index (χ3n) is 7.45. The number of fused-ring (bicyclic) bond motifs is 3. The summed E-state index contributed by atoms with van der Waals surface area (Å²) < 4.78 is 66.6. The molecule has 6 rings (SSSR count). The van der Waals surface area contributed by atoms with Gasteiger partial charge in [0, 0.05) is 24.7 Å². The van der Waals surface area contributed by atoms with Crippen LogP contribution in [-0.4, -0.2) is 108 Å². The van der Waals surface area contributed by atoms with Gasteiger partial charge in [-0.25, -0.2) is 14.5 Å². The quantitative estimate of drug-likeness (QED) is 0.0561. The van der Waals surface area contributed by atoms with Gasteiger partial charge in [0.1, 0.15) is 36.0 Å². The number of imidazole rings is 2. The van der Waals surface area contributed by atoms with E-state index in [4.69, 9.17) is 24.3 Å². The SMILES string of the molecule is Nc1ccc[n+]([C@@H]2O[C@H](COP(=O)(O)C(OP(=O)([O-])O)[C@@H]3O[C@@H](n4cnc5nc6nccn6c5c4)[C@H](OP(=O)(O)O)[C@@H]3O)[C@@H](O)[C@H]2O)c1. The number of ether oxygens (including phenoxy) is 2. The molecule has 262 valence electrons. The van der Waals surface area contributed by atoms with Crippen molar-refractivity contribution in [1.82, 2.24) is 23.9 Å². The van der Waals surface area contributed by atoms with Crippen LogP contribution in [0.25, 0.3) is 16.9 Å². The van der Waals surface area contributed by atoms with Crippen LogP contribution >= 0.6 is 23.2 Å². The lowest BCUT2D eigenvalue weighted by atomic mass is 10.1. The van der Waals surface area contributed by atoms with Crippen molar-refractivity contribution in [3.8, 4) is 0 Å². The van der Waals surface area contributed by atoms with Crippen LogP contribution in [0.15, 0.2) is 49.4 Å². The van der Waals surface area contributed by atoms with Crippen molar-refractivity contribution >= 4 is 45.9 Å². The van der Waals surface area contributed by atoms with E-state index >= 15 is 0 Å². The maximum atomic E-state index is 13.6. The van der Waals surface area contributed by atoms with Crippen LogP contribution in [0.1, 0.15) is 12.5 Å². The highest BCUT2D eigenvalue weighted by molar-refractivity contribution is 7.54. The highest BCUT2D eigenvalue weighted by Crippen LogP contribution is 2.58. The lowest BCUT2D eigenvalue weighted by Crippen LogP contribution is -2.45.